The Morgan fingerprint density at radius 3 is 1.18 bits per heavy atom. The van der Waals surface area contributed by atoms with Crippen LogP contribution in [0.15, 0.2) is 24.3 Å². The van der Waals surface area contributed by atoms with E-state index >= 15 is 35.1 Å². The Balaban J connectivity index is 1.81. The molecule has 40 heavy (non-hydrogen) atoms. The topological polar surface area (TPSA) is 52.0 Å². The van der Waals surface area contributed by atoms with Gasteiger partial charge in [0.2, 0.25) is 0 Å². The second-order valence-corrected chi connectivity index (χ2v) is 11.3. The standard InChI is InChI=1S/C30H36F8N2/c1-3-7-19-13-21(15-23(25(19)39)17-9-5-10-17)27(31,32)29(35,36)30(37,38)28(33,34)22-14-20(8-4-2)26(40)24(16-22)18-11-6-12-18/h13-18H,3-12,39-40H2,1-2H3. The molecule has 2 nitrogen and oxygen atoms in total. The van der Waals surface area contributed by atoms with E-state index in [1.54, 1.807) is 13.8 Å². The summed E-state index contributed by atoms with van der Waals surface area (Å²) in [6.45, 7) is 3.43. The van der Waals surface area contributed by atoms with Gasteiger partial charge in [-0.2, -0.15) is 35.1 Å². The number of alkyl halides is 8. The molecule has 0 spiro atoms. The van der Waals surface area contributed by atoms with Gasteiger partial charge in [-0.15, -0.1) is 0 Å². The maximum atomic E-state index is 15.5. The van der Waals surface area contributed by atoms with Crippen LogP contribution in [0.1, 0.15) is 110 Å². The fourth-order valence-electron chi connectivity index (χ4n) is 5.66. The summed E-state index contributed by atoms with van der Waals surface area (Å²) >= 11 is 0. The summed E-state index contributed by atoms with van der Waals surface area (Å²) in [6, 6.07) is 2.69. The van der Waals surface area contributed by atoms with E-state index in [0.717, 1.165) is 12.8 Å². The fraction of sp³-hybridized carbons (Fsp3) is 0.600. The van der Waals surface area contributed by atoms with Gasteiger partial charge >= 0.3 is 23.7 Å². The molecule has 2 aliphatic rings. The van der Waals surface area contributed by atoms with Crippen LogP contribution in [0, 0.1) is 0 Å². The van der Waals surface area contributed by atoms with Crippen molar-refractivity contribution < 1.29 is 35.1 Å². The summed E-state index contributed by atoms with van der Waals surface area (Å²) < 4.78 is 123. The first kappa shape index (κ1) is 30.4. The molecule has 10 heteroatoms. The first-order valence-corrected chi connectivity index (χ1v) is 14.0. The minimum absolute atomic E-state index is 0.111. The van der Waals surface area contributed by atoms with Crippen molar-refractivity contribution in [1.29, 1.82) is 0 Å². The zero-order valence-electron chi connectivity index (χ0n) is 22.7. The van der Waals surface area contributed by atoms with Crippen molar-refractivity contribution in [2.24, 2.45) is 0 Å². The smallest absolute Gasteiger partial charge is 0.382 e. The van der Waals surface area contributed by atoms with Crippen LogP contribution >= 0.6 is 0 Å². The maximum absolute atomic E-state index is 15.5. The van der Waals surface area contributed by atoms with E-state index in [1.165, 1.54) is 0 Å². The second kappa shape index (κ2) is 10.7. The Bertz CT molecular complexity index is 1140. The molecule has 2 aromatic rings. The van der Waals surface area contributed by atoms with Crippen molar-refractivity contribution in [3.05, 3.63) is 57.6 Å². The Kier molecular flexibility index (Phi) is 8.15. The Morgan fingerprint density at radius 1 is 0.600 bits per heavy atom. The van der Waals surface area contributed by atoms with Crippen LogP contribution in [0.2, 0.25) is 0 Å². The van der Waals surface area contributed by atoms with Gasteiger partial charge in [0, 0.05) is 22.5 Å². The molecule has 2 saturated carbocycles. The van der Waals surface area contributed by atoms with Crippen LogP contribution in [0.25, 0.3) is 0 Å². The number of benzene rings is 2. The first-order valence-electron chi connectivity index (χ1n) is 14.0. The third-order valence-electron chi connectivity index (χ3n) is 8.63. The number of nitrogen functional groups attached to an aromatic ring is 2. The van der Waals surface area contributed by atoms with Crippen molar-refractivity contribution in [3.8, 4) is 0 Å². The summed E-state index contributed by atoms with van der Waals surface area (Å²) in [4.78, 5) is 0. The molecule has 2 aliphatic carbocycles. The average Bonchev–Trinajstić information content (AvgIpc) is 2.81. The van der Waals surface area contributed by atoms with Crippen molar-refractivity contribution in [1.82, 2.24) is 0 Å². The van der Waals surface area contributed by atoms with E-state index in [-0.39, 0.29) is 58.3 Å². The third-order valence-corrected chi connectivity index (χ3v) is 8.63. The molecule has 0 saturated heterocycles. The highest BCUT2D eigenvalue weighted by Crippen LogP contribution is 2.60. The minimum Gasteiger partial charge on any atom is -0.398 e. The molecule has 222 valence electrons. The lowest BCUT2D eigenvalue weighted by Gasteiger charge is -2.38. The molecule has 2 aromatic carbocycles. The SMILES string of the molecule is CCCc1cc(C(F)(F)C(F)(F)C(F)(F)C(F)(F)c2cc(CCC)c(N)c(C3CCC3)c2)cc(C2CCC2)c1N. The number of rotatable bonds is 11. The predicted octanol–water partition coefficient (Wildman–Crippen LogP) is 9.45. The molecule has 0 aromatic heterocycles. The van der Waals surface area contributed by atoms with E-state index in [2.05, 4.69) is 0 Å². The van der Waals surface area contributed by atoms with Crippen molar-refractivity contribution in [3.63, 3.8) is 0 Å². The summed E-state index contributed by atoms with van der Waals surface area (Å²) in [5.41, 5.74) is 10.3. The van der Waals surface area contributed by atoms with E-state index in [4.69, 9.17) is 11.5 Å². The number of halogens is 8. The van der Waals surface area contributed by atoms with Crippen LogP contribution in [0.5, 0.6) is 0 Å². The van der Waals surface area contributed by atoms with Crippen LogP contribution in [-0.2, 0) is 24.7 Å². The quantitative estimate of drug-likeness (QED) is 0.207. The van der Waals surface area contributed by atoms with Gasteiger partial charge in [-0.25, -0.2) is 0 Å². The maximum Gasteiger partial charge on any atom is 0.382 e. The van der Waals surface area contributed by atoms with E-state index in [9.17, 15) is 0 Å². The van der Waals surface area contributed by atoms with E-state index < -0.39 is 34.8 Å². The summed E-state index contributed by atoms with van der Waals surface area (Å²) in [5.74, 6) is -24.7. The fourth-order valence-corrected chi connectivity index (χ4v) is 5.66. The van der Waals surface area contributed by atoms with Gasteiger partial charge < -0.3 is 11.5 Å². The molecule has 0 radical (unpaired) electrons. The molecule has 0 atom stereocenters. The van der Waals surface area contributed by atoms with Crippen molar-refractivity contribution >= 4 is 11.4 Å². The van der Waals surface area contributed by atoms with E-state index in [1.807, 2.05) is 0 Å². The minimum atomic E-state index is -6.44. The van der Waals surface area contributed by atoms with Crippen LogP contribution in [0.4, 0.5) is 46.5 Å². The van der Waals surface area contributed by atoms with Gasteiger partial charge in [-0.05, 0) is 96.9 Å². The molecule has 0 bridgehead atoms. The third kappa shape index (κ3) is 4.73. The number of hydrogen-bond acceptors (Lipinski definition) is 2. The Hall–Kier alpha value is -2.52. The number of hydrogen-bond donors (Lipinski definition) is 2. The molecular formula is C30H36F8N2. The molecule has 0 unspecified atom stereocenters. The highest BCUT2D eigenvalue weighted by molar-refractivity contribution is 5.60. The molecule has 4 N–H and O–H groups in total. The first-order chi connectivity index (χ1) is 18.6. The number of aryl methyl sites for hydroxylation is 2. The molecule has 2 fully saturated rings. The molecule has 4 rings (SSSR count). The molecule has 0 heterocycles. The largest absolute Gasteiger partial charge is 0.398 e. The lowest BCUT2D eigenvalue weighted by Crippen LogP contribution is -2.59. The van der Waals surface area contributed by atoms with Gasteiger partial charge in [-0.3, -0.25) is 0 Å². The van der Waals surface area contributed by atoms with Gasteiger partial charge in [0.1, 0.15) is 0 Å². The Morgan fingerprint density at radius 2 is 0.925 bits per heavy atom. The van der Waals surface area contributed by atoms with Gasteiger partial charge in [0.05, 0.1) is 0 Å². The number of anilines is 2. The van der Waals surface area contributed by atoms with Crippen molar-refractivity contribution in [2.45, 2.75) is 114 Å². The predicted molar refractivity (Wildman–Crippen MR) is 141 cm³/mol. The molecular weight excluding hydrogens is 540 g/mol. The zero-order chi connectivity index (χ0) is 29.7. The lowest BCUT2D eigenvalue weighted by atomic mass is 9.76. The monoisotopic (exact) mass is 576 g/mol. The summed E-state index contributed by atoms with van der Waals surface area (Å²) in [5, 5.41) is 0. The highest BCUT2D eigenvalue weighted by atomic mass is 19.4. The lowest BCUT2D eigenvalue weighted by molar-refractivity contribution is -0.374. The summed E-state index contributed by atoms with van der Waals surface area (Å²) in [7, 11) is 0. The second-order valence-electron chi connectivity index (χ2n) is 11.3. The van der Waals surface area contributed by atoms with Crippen LogP contribution in [-0.4, -0.2) is 11.8 Å². The highest BCUT2D eigenvalue weighted by Gasteiger charge is 2.81. The number of nitrogens with two attached hydrogens (primary N) is 2. The Labute approximate surface area is 229 Å². The van der Waals surface area contributed by atoms with Gasteiger partial charge in [-0.1, -0.05) is 39.5 Å². The van der Waals surface area contributed by atoms with Gasteiger partial charge in [0.25, 0.3) is 0 Å². The molecule has 0 aliphatic heterocycles. The van der Waals surface area contributed by atoms with Crippen molar-refractivity contribution in [2.75, 3.05) is 11.5 Å². The summed E-state index contributed by atoms with van der Waals surface area (Å²) in [6.07, 6.45) is 5.00. The van der Waals surface area contributed by atoms with E-state index in [0.29, 0.717) is 62.8 Å². The normalized spacial score (nSPS) is 17.6. The van der Waals surface area contributed by atoms with Crippen LogP contribution in [0.3, 0.4) is 0 Å². The zero-order valence-corrected chi connectivity index (χ0v) is 22.7. The molecule has 0 amide bonds. The van der Waals surface area contributed by atoms with Gasteiger partial charge in [0.15, 0.2) is 0 Å². The van der Waals surface area contributed by atoms with Crippen LogP contribution < -0.4 is 11.5 Å². The average molecular weight is 577 g/mol.